The molecule has 1 aromatic rings. The van der Waals surface area contributed by atoms with Gasteiger partial charge < -0.3 is 15.7 Å². The second-order valence-corrected chi connectivity index (χ2v) is 5.98. The van der Waals surface area contributed by atoms with E-state index in [9.17, 15) is 9.59 Å². The van der Waals surface area contributed by atoms with Gasteiger partial charge in [-0.3, -0.25) is 4.79 Å². The molecule has 0 spiro atoms. The number of aromatic carboxylic acids is 1. The summed E-state index contributed by atoms with van der Waals surface area (Å²) in [6.07, 6.45) is 2.27. The molecule has 114 valence electrons. The molecule has 5 nitrogen and oxygen atoms in total. The first-order chi connectivity index (χ1) is 9.90. The van der Waals surface area contributed by atoms with Crippen LogP contribution < -0.4 is 10.6 Å². The minimum atomic E-state index is -0.947. The molecular formula is C16H22N2O3. The molecule has 0 unspecified atom stereocenters. The molecule has 2 rings (SSSR count). The molecule has 1 aromatic carbocycles. The lowest BCUT2D eigenvalue weighted by Crippen LogP contribution is -2.46. The van der Waals surface area contributed by atoms with Gasteiger partial charge in [0, 0.05) is 12.2 Å². The van der Waals surface area contributed by atoms with Gasteiger partial charge in [-0.1, -0.05) is 13.8 Å². The molecule has 3 N–H and O–H groups in total. The Bertz CT molecular complexity index is 554. The summed E-state index contributed by atoms with van der Waals surface area (Å²) in [7, 11) is 0. The topological polar surface area (TPSA) is 83.6 Å². The summed E-state index contributed by atoms with van der Waals surface area (Å²) >= 11 is 0. The molecule has 0 saturated carbocycles. The molecule has 0 saturated heterocycles. The maximum atomic E-state index is 12.5. The molecule has 0 aliphatic carbocycles. The maximum Gasteiger partial charge on any atom is 0.335 e. The summed E-state index contributed by atoms with van der Waals surface area (Å²) in [5.41, 5.74) is 7.97. The number of benzene rings is 1. The van der Waals surface area contributed by atoms with Crippen molar-refractivity contribution in [3.8, 4) is 0 Å². The number of hydrogen-bond donors (Lipinski definition) is 2. The number of carbonyl (C=O) groups is 2. The average Bonchev–Trinajstić information content (AvgIpc) is 2.44. The number of carboxylic acids is 1. The number of carbonyl (C=O) groups excluding carboxylic acids is 1. The molecule has 1 heterocycles. The Morgan fingerprint density at radius 3 is 2.71 bits per heavy atom. The van der Waals surface area contributed by atoms with E-state index in [0.29, 0.717) is 18.9 Å². The van der Waals surface area contributed by atoms with E-state index in [2.05, 4.69) is 0 Å². The average molecular weight is 290 g/mol. The van der Waals surface area contributed by atoms with Gasteiger partial charge in [-0.05, 0) is 48.9 Å². The molecule has 1 amide bonds. The number of anilines is 1. The molecule has 0 bridgehead atoms. The first-order valence-corrected chi connectivity index (χ1v) is 7.33. The van der Waals surface area contributed by atoms with Crippen LogP contribution in [0.4, 0.5) is 5.69 Å². The van der Waals surface area contributed by atoms with Crippen LogP contribution in [0.15, 0.2) is 18.2 Å². The highest BCUT2D eigenvalue weighted by atomic mass is 16.4. The van der Waals surface area contributed by atoms with Gasteiger partial charge in [-0.15, -0.1) is 0 Å². The third-order valence-corrected chi connectivity index (χ3v) is 3.75. The van der Waals surface area contributed by atoms with Crippen LogP contribution >= 0.6 is 0 Å². The van der Waals surface area contributed by atoms with Crippen LogP contribution in [0.2, 0.25) is 0 Å². The Hall–Kier alpha value is -1.88. The van der Waals surface area contributed by atoms with Crippen molar-refractivity contribution < 1.29 is 14.7 Å². The molecule has 5 heteroatoms. The lowest BCUT2D eigenvalue weighted by molar-refractivity contribution is -0.120. The van der Waals surface area contributed by atoms with Crippen molar-refractivity contribution >= 4 is 17.6 Å². The van der Waals surface area contributed by atoms with Crippen molar-refractivity contribution in [3.63, 3.8) is 0 Å². The highest BCUT2D eigenvalue weighted by molar-refractivity contribution is 5.99. The number of amides is 1. The second kappa shape index (κ2) is 6.26. The fourth-order valence-electron chi connectivity index (χ4n) is 2.77. The zero-order valence-electron chi connectivity index (χ0n) is 12.5. The van der Waals surface area contributed by atoms with Gasteiger partial charge in [-0.25, -0.2) is 4.79 Å². The number of nitrogens with zero attached hydrogens (tertiary/aromatic N) is 1. The summed E-state index contributed by atoms with van der Waals surface area (Å²) in [4.78, 5) is 25.2. The zero-order valence-corrected chi connectivity index (χ0v) is 12.5. The van der Waals surface area contributed by atoms with Crippen LogP contribution in [0.5, 0.6) is 0 Å². The smallest absolute Gasteiger partial charge is 0.335 e. The lowest BCUT2D eigenvalue weighted by atomic mass is 9.97. The second-order valence-electron chi connectivity index (χ2n) is 5.98. The Morgan fingerprint density at radius 1 is 1.38 bits per heavy atom. The number of fused-ring (bicyclic) bond motifs is 1. The van der Waals surface area contributed by atoms with Gasteiger partial charge in [0.2, 0.25) is 5.91 Å². The number of rotatable bonds is 4. The quantitative estimate of drug-likeness (QED) is 0.888. The minimum Gasteiger partial charge on any atom is -0.478 e. The Kier molecular flexibility index (Phi) is 4.63. The van der Waals surface area contributed by atoms with Gasteiger partial charge in [0.15, 0.2) is 0 Å². The number of nitrogens with two attached hydrogens (primary N) is 1. The van der Waals surface area contributed by atoms with E-state index in [1.165, 1.54) is 0 Å². The first kappa shape index (κ1) is 15.5. The largest absolute Gasteiger partial charge is 0.478 e. The van der Waals surface area contributed by atoms with Crippen molar-refractivity contribution in [2.75, 3.05) is 11.4 Å². The summed E-state index contributed by atoms with van der Waals surface area (Å²) < 4.78 is 0. The van der Waals surface area contributed by atoms with Crippen molar-refractivity contribution in [1.82, 2.24) is 0 Å². The third kappa shape index (κ3) is 3.42. The zero-order chi connectivity index (χ0) is 15.6. The van der Waals surface area contributed by atoms with E-state index in [1.807, 2.05) is 13.8 Å². The van der Waals surface area contributed by atoms with Gasteiger partial charge in [0.1, 0.15) is 0 Å². The maximum absolute atomic E-state index is 12.5. The van der Waals surface area contributed by atoms with Crippen LogP contribution in [0, 0.1) is 5.92 Å². The molecule has 1 atom stereocenters. The highest BCUT2D eigenvalue weighted by Gasteiger charge is 2.27. The summed E-state index contributed by atoms with van der Waals surface area (Å²) in [6.45, 7) is 4.72. The van der Waals surface area contributed by atoms with E-state index in [0.717, 1.165) is 24.1 Å². The van der Waals surface area contributed by atoms with Crippen LogP contribution in [0.3, 0.4) is 0 Å². The van der Waals surface area contributed by atoms with Crippen molar-refractivity contribution in [3.05, 3.63) is 29.3 Å². The fraction of sp³-hybridized carbons (Fsp3) is 0.500. The normalized spacial score (nSPS) is 15.7. The number of hydrogen-bond acceptors (Lipinski definition) is 3. The van der Waals surface area contributed by atoms with E-state index in [1.54, 1.807) is 23.1 Å². The summed E-state index contributed by atoms with van der Waals surface area (Å²) in [6, 6.07) is 4.42. The van der Waals surface area contributed by atoms with Gasteiger partial charge in [0.25, 0.3) is 0 Å². The third-order valence-electron chi connectivity index (χ3n) is 3.75. The van der Waals surface area contributed by atoms with Crippen molar-refractivity contribution in [2.45, 2.75) is 39.2 Å². The Morgan fingerprint density at radius 2 is 2.10 bits per heavy atom. The Labute approximate surface area is 124 Å². The molecule has 0 fully saturated rings. The predicted octanol–water partition coefficient (Wildman–Crippen LogP) is 2.04. The summed E-state index contributed by atoms with van der Waals surface area (Å²) in [5, 5.41) is 9.05. The Balaban J connectivity index is 2.25. The number of aryl methyl sites for hydroxylation is 1. The van der Waals surface area contributed by atoms with E-state index in [4.69, 9.17) is 10.8 Å². The van der Waals surface area contributed by atoms with Crippen LogP contribution in [0.1, 0.15) is 42.6 Å². The standard InChI is InChI=1S/C16H22N2O3/c1-10(2)8-13(17)15(19)18-7-3-4-11-9-12(16(20)21)5-6-14(11)18/h5-6,9-10,13H,3-4,7-8,17H2,1-2H3,(H,20,21)/t13-/m1/s1. The molecule has 0 radical (unpaired) electrons. The van der Waals surface area contributed by atoms with Crippen LogP contribution in [-0.4, -0.2) is 29.6 Å². The van der Waals surface area contributed by atoms with Gasteiger partial charge >= 0.3 is 5.97 Å². The van der Waals surface area contributed by atoms with Crippen molar-refractivity contribution in [2.24, 2.45) is 11.7 Å². The van der Waals surface area contributed by atoms with Gasteiger partial charge in [-0.2, -0.15) is 0 Å². The molecule has 1 aliphatic heterocycles. The monoisotopic (exact) mass is 290 g/mol. The predicted molar refractivity (Wildman–Crippen MR) is 81.5 cm³/mol. The molecule has 0 aromatic heterocycles. The van der Waals surface area contributed by atoms with Crippen LogP contribution in [0.25, 0.3) is 0 Å². The molecular weight excluding hydrogens is 268 g/mol. The molecule has 21 heavy (non-hydrogen) atoms. The lowest BCUT2D eigenvalue weighted by Gasteiger charge is -2.32. The number of carboxylic acid groups (broad SMARTS) is 1. The first-order valence-electron chi connectivity index (χ1n) is 7.33. The van der Waals surface area contributed by atoms with E-state index >= 15 is 0 Å². The summed E-state index contributed by atoms with van der Waals surface area (Å²) in [5.74, 6) is -0.659. The van der Waals surface area contributed by atoms with Crippen LogP contribution in [-0.2, 0) is 11.2 Å². The highest BCUT2D eigenvalue weighted by Crippen LogP contribution is 2.29. The van der Waals surface area contributed by atoms with E-state index in [-0.39, 0.29) is 11.5 Å². The van der Waals surface area contributed by atoms with Crippen molar-refractivity contribution in [1.29, 1.82) is 0 Å². The van der Waals surface area contributed by atoms with E-state index < -0.39 is 12.0 Å². The minimum absolute atomic E-state index is 0.0762. The van der Waals surface area contributed by atoms with Gasteiger partial charge in [0.05, 0.1) is 11.6 Å². The molecule has 1 aliphatic rings. The SMILES string of the molecule is CC(C)C[C@@H](N)C(=O)N1CCCc2cc(C(=O)O)ccc21. The fourth-order valence-corrected chi connectivity index (χ4v) is 2.77.